The van der Waals surface area contributed by atoms with Crippen molar-refractivity contribution in [2.75, 3.05) is 0 Å². The van der Waals surface area contributed by atoms with Gasteiger partial charge in [-0.25, -0.2) is 0 Å². The first-order valence-electron chi connectivity index (χ1n) is 3.89. The van der Waals surface area contributed by atoms with Crippen LogP contribution in [0.25, 0.3) is 10.9 Å². The average molecular weight is 307 g/mol. The number of nitrogens with zero attached hydrogens (tertiary/aromatic N) is 2. The third-order valence-corrected chi connectivity index (χ3v) is 3.13. The van der Waals surface area contributed by atoms with Crippen molar-refractivity contribution in [1.82, 2.24) is 9.78 Å². The molecular formula is C9H8ClIN2. The van der Waals surface area contributed by atoms with Crippen molar-refractivity contribution >= 4 is 45.1 Å². The number of hydrogen-bond donors (Lipinski definition) is 0. The van der Waals surface area contributed by atoms with Crippen LogP contribution in [-0.4, -0.2) is 9.78 Å². The zero-order valence-corrected chi connectivity index (χ0v) is 10.0. The van der Waals surface area contributed by atoms with Gasteiger partial charge in [-0.2, -0.15) is 5.10 Å². The van der Waals surface area contributed by atoms with Crippen LogP contribution in [-0.2, 0) is 12.9 Å². The molecule has 0 saturated heterocycles. The number of fused-ring (bicyclic) bond motifs is 1. The molecule has 1 aromatic heterocycles. The van der Waals surface area contributed by atoms with Gasteiger partial charge in [-0.05, 0) is 40.3 Å². The second-order valence-corrected chi connectivity index (χ2v) is 4.19. The maximum atomic E-state index is 5.76. The molecule has 0 N–H and O–H groups in total. The van der Waals surface area contributed by atoms with Crippen LogP contribution in [0.4, 0.5) is 0 Å². The summed E-state index contributed by atoms with van der Waals surface area (Å²) in [4.78, 5) is 0. The number of benzene rings is 1. The van der Waals surface area contributed by atoms with Crippen molar-refractivity contribution in [3.8, 4) is 0 Å². The van der Waals surface area contributed by atoms with E-state index < -0.39 is 0 Å². The Bertz CT molecular complexity index is 450. The number of alkyl halides is 1. The second-order valence-electron chi connectivity index (χ2n) is 2.90. The Morgan fingerprint density at radius 3 is 3.00 bits per heavy atom. The summed E-state index contributed by atoms with van der Waals surface area (Å²) in [5.74, 6) is 0.556. The maximum absolute atomic E-state index is 5.76. The van der Waals surface area contributed by atoms with Crippen LogP contribution in [0.1, 0.15) is 5.56 Å². The Hall–Kier alpha value is -0.290. The highest BCUT2D eigenvalue weighted by Gasteiger charge is 2.05. The Labute approximate surface area is 95.0 Å². The number of halogens is 2. The third-order valence-electron chi connectivity index (χ3n) is 2.02. The summed E-state index contributed by atoms with van der Waals surface area (Å²) < 4.78 is 2.91. The second kappa shape index (κ2) is 3.46. The van der Waals surface area contributed by atoms with Crippen LogP contribution < -0.4 is 0 Å². The lowest BCUT2D eigenvalue weighted by Crippen LogP contribution is -1.89. The first-order chi connectivity index (χ1) is 6.22. The topological polar surface area (TPSA) is 17.8 Å². The van der Waals surface area contributed by atoms with Gasteiger partial charge in [-0.1, -0.05) is 6.07 Å². The van der Waals surface area contributed by atoms with Gasteiger partial charge in [0.1, 0.15) is 3.70 Å². The first-order valence-corrected chi connectivity index (χ1v) is 5.51. The summed E-state index contributed by atoms with van der Waals surface area (Å²) >= 11 is 7.99. The highest BCUT2D eigenvalue weighted by atomic mass is 127. The molecule has 0 unspecified atom stereocenters. The van der Waals surface area contributed by atoms with E-state index in [4.69, 9.17) is 11.6 Å². The zero-order valence-electron chi connectivity index (χ0n) is 7.09. The van der Waals surface area contributed by atoms with Gasteiger partial charge in [0.05, 0.1) is 5.52 Å². The van der Waals surface area contributed by atoms with Crippen molar-refractivity contribution in [2.24, 2.45) is 7.05 Å². The van der Waals surface area contributed by atoms with E-state index in [1.54, 1.807) is 0 Å². The van der Waals surface area contributed by atoms with Crippen LogP contribution in [0.5, 0.6) is 0 Å². The van der Waals surface area contributed by atoms with Crippen molar-refractivity contribution in [3.63, 3.8) is 0 Å². The molecule has 0 radical (unpaired) electrons. The third kappa shape index (κ3) is 1.55. The standard InChI is InChI=1S/C9H8ClIN2/c1-13-8-3-2-6(5-10)4-7(8)9(11)12-13/h2-4H,5H2,1H3. The summed E-state index contributed by atoms with van der Waals surface area (Å²) in [5.41, 5.74) is 2.29. The quantitative estimate of drug-likeness (QED) is 0.585. The Kier molecular flexibility index (Phi) is 2.47. The summed E-state index contributed by atoms with van der Waals surface area (Å²) in [6, 6.07) is 6.19. The van der Waals surface area contributed by atoms with Gasteiger partial charge >= 0.3 is 0 Å². The minimum absolute atomic E-state index is 0.556. The molecule has 1 aromatic carbocycles. The minimum atomic E-state index is 0.556. The van der Waals surface area contributed by atoms with Crippen molar-refractivity contribution in [2.45, 2.75) is 5.88 Å². The summed E-state index contributed by atoms with van der Waals surface area (Å²) in [5, 5.41) is 5.51. The predicted molar refractivity (Wildman–Crippen MR) is 63.0 cm³/mol. The SMILES string of the molecule is Cn1nc(I)c2cc(CCl)ccc21. The van der Waals surface area contributed by atoms with Crippen LogP contribution in [0, 0.1) is 3.70 Å². The van der Waals surface area contributed by atoms with Crippen LogP contribution >= 0.6 is 34.2 Å². The number of aromatic nitrogens is 2. The molecule has 13 heavy (non-hydrogen) atoms. The normalized spacial score (nSPS) is 11.0. The summed E-state index contributed by atoms with van der Waals surface area (Å²) in [7, 11) is 1.95. The van der Waals surface area contributed by atoms with Crippen molar-refractivity contribution < 1.29 is 0 Å². The fourth-order valence-electron chi connectivity index (χ4n) is 1.35. The van der Waals surface area contributed by atoms with Crippen molar-refractivity contribution in [3.05, 3.63) is 27.5 Å². The van der Waals surface area contributed by atoms with E-state index in [1.807, 2.05) is 17.8 Å². The molecule has 4 heteroatoms. The highest BCUT2D eigenvalue weighted by Crippen LogP contribution is 2.21. The molecule has 0 spiro atoms. The molecule has 0 atom stereocenters. The molecule has 2 nitrogen and oxygen atoms in total. The molecule has 0 amide bonds. The van der Waals surface area contributed by atoms with Gasteiger partial charge in [0.15, 0.2) is 0 Å². The fraction of sp³-hybridized carbons (Fsp3) is 0.222. The van der Waals surface area contributed by atoms with Crippen LogP contribution in [0.15, 0.2) is 18.2 Å². The molecule has 68 valence electrons. The van der Waals surface area contributed by atoms with Crippen LogP contribution in [0.3, 0.4) is 0 Å². The molecule has 2 rings (SSSR count). The summed E-state index contributed by atoms with van der Waals surface area (Å²) in [6.45, 7) is 0. The molecule has 0 aliphatic carbocycles. The van der Waals surface area contributed by atoms with E-state index >= 15 is 0 Å². The van der Waals surface area contributed by atoms with Crippen molar-refractivity contribution in [1.29, 1.82) is 0 Å². The number of aryl methyl sites for hydroxylation is 1. The van der Waals surface area contributed by atoms with Gasteiger partial charge in [0.2, 0.25) is 0 Å². The lowest BCUT2D eigenvalue weighted by Gasteiger charge is -1.96. The van der Waals surface area contributed by atoms with E-state index in [-0.39, 0.29) is 0 Å². The molecule has 0 aliphatic heterocycles. The largest absolute Gasteiger partial charge is 0.267 e. The van der Waals surface area contributed by atoms with E-state index in [0.29, 0.717) is 5.88 Å². The Balaban J connectivity index is 2.76. The Morgan fingerprint density at radius 1 is 1.54 bits per heavy atom. The smallest absolute Gasteiger partial charge is 0.131 e. The van der Waals surface area contributed by atoms with Crippen LogP contribution in [0.2, 0.25) is 0 Å². The first kappa shape index (κ1) is 9.27. The predicted octanol–water partition coefficient (Wildman–Crippen LogP) is 2.92. The molecule has 0 fully saturated rings. The molecule has 0 saturated carbocycles. The molecule has 0 aliphatic rings. The van der Waals surface area contributed by atoms with Gasteiger partial charge in [0.25, 0.3) is 0 Å². The number of hydrogen-bond acceptors (Lipinski definition) is 1. The van der Waals surface area contributed by atoms with E-state index in [9.17, 15) is 0 Å². The van der Waals surface area contributed by atoms with Gasteiger partial charge < -0.3 is 0 Å². The molecule has 1 heterocycles. The monoisotopic (exact) mass is 306 g/mol. The average Bonchev–Trinajstić information content (AvgIpc) is 2.42. The summed E-state index contributed by atoms with van der Waals surface area (Å²) in [6.07, 6.45) is 0. The van der Waals surface area contributed by atoms with Gasteiger partial charge in [-0.15, -0.1) is 11.6 Å². The van der Waals surface area contributed by atoms with E-state index in [1.165, 1.54) is 5.39 Å². The lowest BCUT2D eigenvalue weighted by atomic mass is 10.2. The van der Waals surface area contributed by atoms with E-state index in [0.717, 1.165) is 14.8 Å². The maximum Gasteiger partial charge on any atom is 0.131 e. The molecule has 0 bridgehead atoms. The molecular weight excluding hydrogens is 298 g/mol. The molecule has 2 aromatic rings. The highest BCUT2D eigenvalue weighted by molar-refractivity contribution is 14.1. The Morgan fingerprint density at radius 2 is 2.31 bits per heavy atom. The van der Waals surface area contributed by atoms with Gasteiger partial charge in [0, 0.05) is 18.3 Å². The fourth-order valence-corrected chi connectivity index (χ4v) is 2.28. The lowest BCUT2D eigenvalue weighted by molar-refractivity contribution is 0.787. The zero-order chi connectivity index (χ0) is 9.42. The number of rotatable bonds is 1. The minimum Gasteiger partial charge on any atom is -0.267 e. The van der Waals surface area contributed by atoms with E-state index in [2.05, 4.69) is 39.8 Å². The van der Waals surface area contributed by atoms with Gasteiger partial charge in [-0.3, -0.25) is 4.68 Å².